The van der Waals surface area contributed by atoms with Crippen LogP contribution in [0.15, 0.2) is 14.9 Å². The molecule has 6 nitrogen and oxygen atoms in total. The van der Waals surface area contributed by atoms with Crippen LogP contribution in [0.3, 0.4) is 0 Å². The number of aromatic carboxylic acids is 1. The van der Waals surface area contributed by atoms with Gasteiger partial charge in [0.15, 0.2) is 4.34 Å². The normalized spacial score (nSPS) is 10.6. The molecule has 0 radical (unpaired) electrons. The van der Waals surface area contributed by atoms with Crippen LogP contribution in [0.5, 0.6) is 0 Å². The summed E-state index contributed by atoms with van der Waals surface area (Å²) < 4.78 is 2.25. The molecular weight excluding hydrogens is 248 g/mol. The van der Waals surface area contributed by atoms with Crippen molar-refractivity contribution in [3.8, 4) is 0 Å². The number of nitrogens with zero attached hydrogens (tertiary/aromatic N) is 4. The first-order valence-corrected chi connectivity index (χ1v) is 6.00. The minimum atomic E-state index is -0.974. The number of hydrogen-bond donors (Lipinski definition) is 1. The monoisotopic (exact) mass is 256 g/mol. The third-order valence-electron chi connectivity index (χ3n) is 1.91. The number of carbonyl (C=O) groups is 1. The fourth-order valence-corrected chi connectivity index (χ4v) is 2.89. The molecule has 16 heavy (non-hydrogen) atoms. The molecule has 0 spiro atoms. The van der Waals surface area contributed by atoms with Gasteiger partial charge >= 0.3 is 5.97 Å². The number of rotatable bonds is 3. The van der Waals surface area contributed by atoms with Crippen molar-refractivity contribution >= 4 is 29.1 Å². The standard InChI is InChI=1S/C8H8N4O2S2/c1-4-5(7(13)14)6(12(2)11-4)16-8-10-9-3-15-8/h3H,1-2H3,(H,13,14). The molecule has 0 saturated carbocycles. The molecule has 0 aliphatic carbocycles. The maximum atomic E-state index is 11.1. The highest BCUT2D eigenvalue weighted by Crippen LogP contribution is 2.32. The molecule has 0 fully saturated rings. The Bertz CT molecular complexity index is 520. The minimum Gasteiger partial charge on any atom is -0.478 e. The van der Waals surface area contributed by atoms with Crippen LogP contribution in [0.1, 0.15) is 16.1 Å². The van der Waals surface area contributed by atoms with Crippen LogP contribution in [-0.4, -0.2) is 31.1 Å². The van der Waals surface area contributed by atoms with Crippen molar-refractivity contribution < 1.29 is 9.90 Å². The first kappa shape index (κ1) is 11.1. The fraction of sp³-hybridized carbons (Fsp3) is 0.250. The second-order valence-electron chi connectivity index (χ2n) is 3.00. The Kier molecular flexibility index (Phi) is 2.92. The van der Waals surface area contributed by atoms with E-state index in [1.807, 2.05) is 0 Å². The zero-order valence-corrected chi connectivity index (χ0v) is 10.2. The maximum absolute atomic E-state index is 11.1. The van der Waals surface area contributed by atoms with E-state index in [2.05, 4.69) is 15.3 Å². The second kappa shape index (κ2) is 4.22. The highest BCUT2D eigenvalue weighted by molar-refractivity contribution is 8.01. The molecule has 2 rings (SSSR count). The highest BCUT2D eigenvalue weighted by atomic mass is 32.2. The summed E-state index contributed by atoms with van der Waals surface area (Å²) in [5, 5.41) is 21.3. The third kappa shape index (κ3) is 1.93. The van der Waals surface area contributed by atoms with E-state index in [0.29, 0.717) is 15.1 Å². The molecule has 8 heteroatoms. The van der Waals surface area contributed by atoms with Crippen LogP contribution >= 0.6 is 23.1 Å². The van der Waals surface area contributed by atoms with Crippen LogP contribution in [0.4, 0.5) is 0 Å². The molecule has 0 atom stereocenters. The first-order chi connectivity index (χ1) is 7.59. The Morgan fingerprint density at radius 1 is 1.62 bits per heavy atom. The zero-order chi connectivity index (χ0) is 11.7. The molecule has 2 aromatic heterocycles. The van der Waals surface area contributed by atoms with Gasteiger partial charge < -0.3 is 5.11 Å². The molecule has 0 aliphatic heterocycles. The Hall–Kier alpha value is -1.41. The molecule has 0 unspecified atom stereocenters. The van der Waals surface area contributed by atoms with E-state index in [1.165, 1.54) is 23.1 Å². The number of aryl methyl sites for hydroxylation is 2. The Morgan fingerprint density at radius 3 is 2.94 bits per heavy atom. The lowest BCUT2D eigenvalue weighted by Crippen LogP contribution is -2.00. The molecule has 0 aliphatic rings. The maximum Gasteiger partial charge on any atom is 0.340 e. The van der Waals surface area contributed by atoms with Crippen molar-refractivity contribution in [1.29, 1.82) is 0 Å². The van der Waals surface area contributed by atoms with Crippen molar-refractivity contribution in [2.24, 2.45) is 7.05 Å². The van der Waals surface area contributed by atoms with Gasteiger partial charge in [0.25, 0.3) is 0 Å². The fourth-order valence-electron chi connectivity index (χ4n) is 1.29. The number of aromatic nitrogens is 4. The topological polar surface area (TPSA) is 80.9 Å². The van der Waals surface area contributed by atoms with E-state index in [-0.39, 0.29) is 5.56 Å². The van der Waals surface area contributed by atoms with Gasteiger partial charge in [-0.1, -0.05) is 11.3 Å². The number of carboxylic acid groups (broad SMARTS) is 1. The van der Waals surface area contributed by atoms with Gasteiger partial charge in [0.05, 0.1) is 5.69 Å². The van der Waals surface area contributed by atoms with Gasteiger partial charge in [0, 0.05) is 7.05 Å². The molecular formula is C8H8N4O2S2. The van der Waals surface area contributed by atoms with Crippen molar-refractivity contribution in [2.45, 2.75) is 16.3 Å². The summed E-state index contributed by atoms with van der Waals surface area (Å²) in [5.74, 6) is -0.974. The van der Waals surface area contributed by atoms with Crippen molar-refractivity contribution in [1.82, 2.24) is 20.0 Å². The highest BCUT2D eigenvalue weighted by Gasteiger charge is 2.21. The summed E-state index contributed by atoms with van der Waals surface area (Å²) in [4.78, 5) is 11.1. The van der Waals surface area contributed by atoms with Crippen LogP contribution < -0.4 is 0 Å². The van der Waals surface area contributed by atoms with Crippen molar-refractivity contribution in [3.05, 3.63) is 16.8 Å². The molecule has 0 amide bonds. The predicted octanol–water partition coefficient (Wildman–Crippen LogP) is 1.43. The van der Waals surface area contributed by atoms with E-state index >= 15 is 0 Å². The lowest BCUT2D eigenvalue weighted by atomic mass is 10.3. The molecule has 0 saturated heterocycles. The molecule has 0 aromatic carbocycles. The minimum absolute atomic E-state index is 0.225. The lowest BCUT2D eigenvalue weighted by molar-refractivity contribution is 0.0692. The SMILES string of the molecule is Cc1nn(C)c(Sc2nncs2)c1C(=O)O. The van der Waals surface area contributed by atoms with E-state index in [4.69, 9.17) is 5.11 Å². The summed E-state index contributed by atoms with van der Waals surface area (Å²) in [6.45, 7) is 1.67. The van der Waals surface area contributed by atoms with E-state index in [9.17, 15) is 4.79 Å². The quantitative estimate of drug-likeness (QED) is 0.894. The van der Waals surface area contributed by atoms with Crippen LogP contribution in [0.25, 0.3) is 0 Å². The Balaban J connectivity index is 2.43. The van der Waals surface area contributed by atoms with Crippen LogP contribution in [0.2, 0.25) is 0 Å². The molecule has 1 N–H and O–H groups in total. The van der Waals surface area contributed by atoms with Crippen LogP contribution in [-0.2, 0) is 7.05 Å². The first-order valence-electron chi connectivity index (χ1n) is 4.30. The predicted molar refractivity (Wildman–Crippen MR) is 58.9 cm³/mol. The average molecular weight is 256 g/mol. The second-order valence-corrected chi connectivity index (χ2v) is 5.07. The van der Waals surface area contributed by atoms with Gasteiger partial charge in [0.1, 0.15) is 16.1 Å². The molecule has 2 heterocycles. The van der Waals surface area contributed by atoms with Gasteiger partial charge in [0.2, 0.25) is 0 Å². The summed E-state index contributed by atoms with van der Waals surface area (Å²) in [6.07, 6.45) is 0. The summed E-state index contributed by atoms with van der Waals surface area (Å²) in [6, 6.07) is 0. The van der Waals surface area contributed by atoms with Gasteiger partial charge in [-0.3, -0.25) is 4.68 Å². The molecule has 0 bridgehead atoms. The van der Waals surface area contributed by atoms with E-state index in [1.54, 1.807) is 24.2 Å². The van der Waals surface area contributed by atoms with Gasteiger partial charge in [-0.2, -0.15) is 5.10 Å². The summed E-state index contributed by atoms with van der Waals surface area (Å²) >= 11 is 2.62. The van der Waals surface area contributed by atoms with Gasteiger partial charge in [-0.05, 0) is 18.7 Å². The molecule has 84 valence electrons. The van der Waals surface area contributed by atoms with Gasteiger partial charge in [-0.15, -0.1) is 10.2 Å². The summed E-state index contributed by atoms with van der Waals surface area (Å²) in [7, 11) is 1.71. The lowest BCUT2D eigenvalue weighted by Gasteiger charge is -1.99. The summed E-state index contributed by atoms with van der Waals surface area (Å²) in [5.41, 5.74) is 2.33. The molecule has 2 aromatic rings. The third-order valence-corrected chi connectivity index (χ3v) is 3.85. The average Bonchev–Trinajstić information content (AvgIpc) is 2.76. The number of carboxylic acids is 1. The van der Waals surface area contributed by atoms with Gasteiger partial charge in [-0.25, -0.2) is 4.79 Å². The van der Waals surface area contributed by atoms with Crippen molar-refractivity contribution in [2.75, 3.05) is 0 Å². The zero-order valence-electron chi connectivity index (χ0n) is 8.54. The van der Waals surface area contributed by atoms with E-state index in [0.717, 1.165) is 0 Å². The largest absolute Gasteiger partial charge is 0.478 e. The smallest absolute Gasteiger partial charge is 0.340 e. The van der Waals surface area contributed by atoms with Crippen LogP contribution in [0, 0.1) is 6.92 Å². The Labute approximate surface area is 99.3 Å². The number of hydrogen-bond acceptors (Lipinski definition) is 6. The van der Waals surface area contributed by atoms with E-state index < -0.39 is 5.97 Å². The Morgan fingerprint density at radius 2 is 2.38 bits per heavy atom. The van der Waals surface area contributed by atoms with Crippen molar-refractivity contribution in [3.63, 3.8) is 0 Å².